The Bertz CT molecular complexity index is 1100. The van der Waals surface area contributed by atoms with Gasteiger partial charge in [-0.1, -0.05) is 60.7 Å². The molecule has 0 radical (unpaired) electrons. The number of carbonyl (C=O) groups excluding carboxylic acids is 2. The molecule has 0 atom stereocenters. The van der Waals surface area contributed by atoms with Crippen molar-refractivity contribution in [1.82, 2.24) is 5.32 Å². The summed E-state index contributed by atoms with van der Waals surface area (Å²) in [5.74, 6) is -0.605. The molecule has 1 aliphatic carbocycles. The van der Waals surface area contributed by atoms with Gasteiger partial charge in [0.05, 0.1) is 11.5 Å². The van der Waals surface area contributed by atoms with Crippen molar-refractivity contribution in [1.29, 1.82) is 0 Å². The first-order valence-corrected chi connectivity index (χ1v) is 12.3. The van der Waals surface area contributed by atoms with E-state index in [0.29, 0.717) is 11.3 Å². The quantitative estimate of drug-likeness (QED) is 0.508. The lowest BCUT2D eigenvalue weighted by molar-refractivity contribution is -0.116. The molecule has 34 heavy (non-hydrogen) atoms. The Labute approximate surface area is 201 Å². The van der Waals surface area contributed by atoms with Crippen molar-refractivity contribution in [3.05, 3.63) is 95.6 Å². The zero-order valence-corrected chi connectivity index (χ0v) is 19.4. The number of amides is 2. The molecule has 5 rings (SSSR count). The van der Waals surface area contributed by atoms with Gasteiger partial charge in [0.2, 0.25) is 5.91 Å². The van der Waals surface area contributed by atoms with Crippen molar-refractivity contribution >= 4 is 23.2 Å². The molecule has 174 valence electrons. The summed E-state index contributed by atoms with van der Waals surface area (Å²) in [7, 11) is 0. The Morgan fingerprint density at radius 1 is 0.794 bits per heavy atom. The topological polar surface area (TPSA) is 61.4 Å². The van der Waals surface area contributed by atoms with E-state index < -0.39 is 5.92 Å². The lowest BCUT2D eigenvalue weighted by atomic mass is 9.90. The van der Waals surface area contributed by atoms with Gasteiger partial charge in [0.25, 0.3) is 5.91 Å². The van der Waals surface area contributed by atoms with Crippen LogP contribution in [0, 0.1) is 0 Å². The van der Waals surface area contributed by atoms with Crippen LogP contribution in [0.2, 0.25) is 0 Å². The largest absolute Gasteiger partial charge is 0.371 e. The highest BCUT2D eigenvalue weighted by atomic mass is 16.2. The molecule has 1 saturated carbocycles. The highest BCUT2D eigenvalue weighted by Gasteiger charge is 2.27. The number of piperidine rings is 1. The minimum Gasteiger partial charge on any atom is -0.371 e. The van der Waals surface area contributed by atoms with Crippen LogP contribution in [-0.2, 0) is 4.79 Å². The van der Waals surface area contributed by atoms with Crippen molar-refractivity contribution in [2.24, 2.45) is 0 Å². The minimum atomic E-state index is -0.437. The predicted molar refractivity (Wildman–Crippen MR) is 136 cm³/mol. The number of hydrogen-bond acceptors (Lipinski definition) is 3. The molecular weight excluding hydrogens is 422 g/mol. The van der Waals surface area contributed by atoms with Gasteiger partial charge in [-0.2, -0.15) is 0 Å². The van der Waals surface area contributed by atoms with Crippen molar-refractivity contribution < 1.29 is 9.59 Å². The Hall–Kier alpha value is -3.60. The van der Waals surface area contributed by atoms with Crippen LogP contribution < -0.4 is 15.5 Å². The number of rotatable bonds is 7. The summed E-state index contributed by atoms with van der Waals surface area (Å²) < 4.78 is 0. The summed E-state index contributed by atoms with van der Waals surface area (Å²) in [5.41, 5.74) is 4.11. The molecule has 2 fully saturated rings. The van der Waals surface area contributed by atoms with Crippen molar-refractivity contribution in [3.8, 4) is 0 Å². The molecule has 1 saturated heterocycles. The molecule has 0 bridgehead atoms. The van der Waals surface area contributed by atoms with Gasteiger partial charge in [-0.3, -0.25) is 9.59 Å². The highest BCUT2D eigenvalue weighted by Crippen LogP contribution is 2.31. The number of benzene rings is 3. The van der Waals surface area contributed by atoms with Crippen molar-refractivity contribution in [2.45, 2.75) is 44.1 Å². The fourth-order valence-electron chi connectivity index (χ4n) is 4.70. The number of nitrogens with one attached hydrogen (secondary N) is 2. The summed E-state index contributed by atoms with van der Waals surface area (Å²) >= 11 is 0. The molecule has 0 spiro atoms. The third-order valence-corrected chi connectivity index (χ3v) is 6.65. The number of hydrogen-bond donors (Lipinski definition) is 2. The molecule has 1 heterocycles. The molecule has 2 amide bonds. The van der Waals surface area contributed by atoms with Crippen molar-refractivity contribution in [3.63, 3.8) is 0 Å². The summed E-state index contributed by atoms with van der Waals surface area (Å²) in [4.78, 5) is 29.0. The molecule has 1 aliphatic heterocycles. The summed E-state index contributed by atoms with van der Waals surface area (Å²) in [6.45, 7) is 1.92. The van der Waals surface area contributed by atoms with Crippen LogP contribution in [0.15, 0.2) is 78.9 Å². The maximum atomic E-state index is 13.5. The smallest absolute Gasteiger partial charge is 0.253 e. The second-order valence-electron chi connectivity index (χ2n) is 9.27. The van der Waals surface area contributed by atoms with Gasteiger partial charge in [-0.25, -0.2) is 0 Å². The Morgan fingerprint density at radius 3 is 2.00 bits per heavy atom. The molecule has 5 heteroatoms. The van der Waals surface area contributed by atoms with Gasteiger partial charge in [0, 0.05) is 30.5 Å². The van der Waals surface area contributed by atoms with Crippen LogP contribution in [-0.4, -0.2) is 30.9 Å². The lowest BCUT2D eigenvalue weighted by Crippen LogP contribution is -2.33. The molecule has 0 unspecified atom stereocenters. The van der Waals surface area contributed by atoms with Crippen LogP contribution >= 0.6 is 0 Å². The van der Waals surface area contributed by atoms with E-state index in [2.05, 4.69) is 15.5 Å². The monoisotopic (exact) mass is 453 g/mol. The van der Waals surface area contributed by atoms with Crippen molar-refractivity contribution in [2.75, 3.05) is 23.3 Å². The van der Waals surface area contributed by atoms with Gasteiger partial charge in [-0.15, -0.1) is 0 Å². The average molecular weight is 454 g/mol. The fraction of sp³-hybridized carbons (Fsp3) is 0.310. The summed E-state index contributed by atoms with van der Waals surface area (Å²) in [6, 6.07) is 25.6. The van der Waals surface area contributed by atoms with E-state index in [1.54, 1.807) is 0 Å². The van der Waals surface area contributed by atoms with E-state index in [0.717, 1.165) is 55.6 Å². The molecule has 0 aromatic heterocycles. The second kappa shape index (κ2) is 10.1. The standard InChI is InChI=1S/C29H31N3O2/c33-28(30-23-14-15-23)25-20-24(16-17-26(25)32-18-8-3-9-19-32)31-29(34)27(21-10-4-1-5-11-21)22-12-6-2-7-13-22/h1-2,4-7,10-13,16-17,20,23,27H,3,8-9,14-15,18-19H2,(H,30,33)(H,31,34). The Balaban J connectivity index is 1.44. The van der Waals surface area contributed by atoms with Crippen LogP contribution in [0.25, 0.3) is 0 Å². The van der Waals surface area contributed by atoms with E-state index >= 15 is 0 Å². The van der Waals surface area contributed by atoms with E-state index in [1.165, 1.54) is 6.42 Å². The van der Waals surface area contributed by atoms with E-state index in [9.17, 15) is 9.59 Å². The van der Waals surface area contributed by atoms with Gasteiger partial charge in [-0.05, 0) is 61.4 Å². The van der Waals surface area contributed by atoms with Crippen LogP contribution in [0.5, 0.6) is 0 Å². The van der Waals surface area contributed by atoms with Gasteiger partial charge >= 0.3 is 0 Å². The Morgan fingerprint density at radius 2 is 1.41 bits per heavy atom. The molecule has 3 aromatic carbocycles. The van der Waals surface area contributed by atoms with Gasteiger partial charge < -0.3 is 15.5 Å². The first kappa shape index (κ1) is 22.2. The highest BCUT2D eigenvalue weighted by molar-refractivity contribution is 6.03. The van der Waals surface area contributed by atoms with Crippen LogP contribution in [0.3, 0.4) is 0 Å². The van der Waals surface area contributed by atoms with Gasteiger partial charge in [0.1, 0.15) is 0 Å². The van der Waals surface area contributed by atoms with Gasteiger partial charge in [0.15, 0.2) is 0 Å². The third-order valence-electron chi connectivity index (χ3n) is 6.65. The van der Waals surface area contributed by atoms with Crippen LogP contribution in [0.1, 0.15) is 59.5 Å². The number of nitrogens with zero attached hydrogens (tertiary/aromatic N) is 1. The zero-order chi connectivity index (χ0) is 23.3. The van der Waals surface area contributed by atoms with E-state index in [1.807, 2.05) is 78.9 Å². The molecule has 2 aliphatic rings. The van der Waals surface area contributed by atoms with E-state index in [-0.39, 0.29) is 17.9 Å². The first-order valence-electron chi connectivity index (χ1n) is 12.3. The molecule has 3 aromatic rings. The first-order chi connectivity index (χ1) is 16.7. The maximum absolute atomic E-state index is 13.5. The number of anilines is 2. The number of carbonyl (C=O) groups is 2. The third kappa shape index (κ3) is 5.14. The molecule has 5 nitrogen and oxygen atoms in total. The summed E-state index contributed by atoms with van der Waals surface area (Å²) in [6.07, 6.45) is 5.58. The lowest BCUT2D eigenvalue weighted by Gasteiger charge is -2.30. The average Bonchev–Trinajstić information content (AvgIpc) is 3.70. The van der Waals surface area contributed by atoms with E-state index in [4.69, 9.17) is 0 Å². The van der Waals surface area contributed by atoms with Crippen LogP contribution in [0.4, 0.5) is 11.4 Å². The SMILES string of the molecule is O=C(NC1CC1)c1cc(NC(=O)C(c2ccccc2)c2ccccc2)ccc1N1CCCCC1. The Kier molecular flexibility index (Phi) is 6.61. The normalized spacial score (nSPS) is 15.7. The maximum Gasteiger partial charge on any atom is 0.253 e. The summed E-state index contributed by atoms with van der Waals surface area (Å²) in [5, 5.41) is 6.22. The zero-order valence-electron chi connectivity index (χ0n) is 19.4. The minimum absolute atomic E-state index is 0.0539. The predicted octanol–water partition coefficient (Wildman–Crippen LogP) is 5.34. The fourth-order valence-corrected chi connectivity index (χ4v) is 4.70. The second-order valence-corrected chi connectivity index (χ2v) is 9.27. The molecule has 2 N–H and O–H groups in total. The molecular formula is C29H31N3O2.